The Morgan fingerprint density at radius 2 is 1.78 bits per heavy atom. The molecule has 3 aliphatic heterocycles. The first-order chi connectivity index (χ1) is 12.8. The van der Waals surface area contributed by atoms with E-state index in [2.05, 4.69) is 34.5 Å². The minimum Gasteiger partial charge on any atom is -0.493 e. The van der Waals surface area contributed by atoms with Gasteiger partial charge in [-0.1, -0.05) is 36.4 Å². The van der Waals surface area contributed by atoms with Crippen LogP contribution in [0.15, 0.2) is 48.5 Å². The number of nitrogens with one attached hydrogen (secondary N) is 1. The molecular weight excluding hydrogens is 360 g/mol. The molecule has 27 heavy (non-hydrogen) atoms. The van der Waals surface area contributed by atoms with Crippen LogP contribution in [0.5, 0.6) is 11.5 Å². The largest absolute Gasteiger partial charge is 0.493 e. The molecule has 0 aromatic heterocycles. The average molecular weight is 389 g/mol. The van der Waals surface area contributed by atoms with Crippen LogP contribution in [0, 0.1) is 5.92 Å². The van der Waals surface area contributed by atoms with Gasteiger partial charge in [0.15, 0.2) is 11.5 Å². The first-order valence-electron chi connectivity index (χ1n) is 9.61. The second kappa shape index (κ2) is 9.45. The summed E-state index contributed by atoms with van der Waals surface area (Å²) in [6.45, 7) is 5.19. The molecule has 0 saturated carbocycles. The smallest absolute Gasteiger partial charge is 0.161 e. The predicted octanol–water partition coefficient (Wildman–Crippen LogP) is 3.88. The summed E-state index contributed by atoms with van der Waals surface area (Å²) in [5.74, 6) is 2.44. The lowest BCUT2D eigenvalue weighted by Crippen LogP contribution is -2.55. The van der Waals surface area contributed by atoms with E-state index in [9.17, 15) is 0 Å². The van der Waals surface area contributed by atoms with Gasteiger partial charge in [-0.3, -0.25) is 0 Å². The number of halogens is 1. The Balaban J connectivity index is 0.00000210. The van der Waals surface area contributed by atoms with Gasteiger partial charge in [-0.15, -0.1) is 12.4 Å². The molecule has 2 bridgehead atoms. The lowest BCUT2D eigenvalue weighted by molar-refractivity contribution is 0.0720. The van der Waals surface area contributed by atoms with Crippen molar-refractivity contribution in [3.63, 3.8) is 0 Å². The van der Waals surface area contributed by atoms with Crippen LogP contribution < -0.4 is 14.8 Å². The second-order valence-corrected chi connectivity index (χ2v) is 7.38. The molecule has 0 spiro atoms. The Kier molecular flexibility index (Phi) is 7.00. The van der Waals surface area contributed by atoms with Crippen LogP contribution in [0.1, 0.15) is 24.0 Å². The molecule has 1 N–H and O–H groups in total. The van der Waals surface area contributed by atoms with Gasteiger partial charge in [0.25, 0.3) is 0 Å². The minimum absolute atomic E-state index is 0. The summed E-state index contributed by atoms with van der Waals surface area (Å²) < 4.78 is 11.5. The van der Waals surface area contributed by atoms with Crippen LogP contribution in [0.3, 0.4) is 0 Å². The van der Waals surface area contributed by atoms with Crippen LogP contribution in [0.4, 0.5) is 0 Å². The highest BCUT2D eigenvalue weighted by Crippen LogP contribution is 2.30. The summed E-state index contributed by atoms with van der Waals surface area (Å²) in [5, 5.41) is 3.76. The van der Waals surface area contributed by atoms with Crippen LogP contribution in [0.25, 0.3) is 0 Å². The van der Waals surface area contributed by atoms with E-state index >= 15 is 0 Å². The Hall–Kier alpha value is -1.75. The third-order valence-electron chi connectivity index (χ3n) is 5.69. The van der Waals surface area contributed by atoms with Gasteiger partial charge < -0.3 is 19.7 Å². The van der Waals surface area contributed by atoms with Gasteiger partial charge in [-0.25, -0.2) is 0 Å². The normalized spacial score (nSPS) is 23.5. The van der Waals surface area contributed by atoms with E-state index in [0.717, 1.165) is 29.5 Å². The van der Waals surface area contributed by atoms with Gasteiger partial charge in [-0.05, 0) is 55.1 Å². The zero-order valence-corrected chi connectivity index (χ0v) is 16.7. The number of benzene rings is 2. The van der Waals surface area contributed by atoms with E-state index < -0.39 is 0 Å². The zero-order chi connectivity index (χ0) is 17.8. The summed E-state index contributed by atoms with van der Waals surface area (Å²) in [4.78, 5) is 2.58. The van der Waals surface area contributed by atoms with E-state index in [4.69, 9.17) is 9.47 Å². The van der Waals surface area contributed by atoms with Crippen molar-refractivity contribution < 1.29 is 9.47 Å². The summed E-state index contributed by atoms with van der Waals surface area (Å²) in [5.41, 5.74) is 2.40. The van der Waals surface area contributed by atoms with Gasteiger partial charge >= 0.3 is 0 Å². The van der Waals surface area contributed by atoms with Crippen molar-refractivity contribution >= 4 is 12.4 Å². The second-order valence-electron chi connectivity index (χ2n) is 7.38. The number of ether oxygens (including phenoxy) is 2. The molecule has 2 aromatic carbocycles. The highest BCUT2D eigenvalue weighted by atomic mass is 35.5. The minimum atomic E-state index is 0. The molecular formula is C22H29ClN2O2. The van der Waals surface area contributed by atoms with Crippen LogP contribution >= 0.6 is 12.4 Å². The van der Waals surface area contributed by atoms with E-state index in [0.29, 0.717) is 12.6 Å². The lowest BCUT2D eigenvalue weighted by Gasteiger charge is -2.45. The van der Waals surface area contributed by atoms with Gasteiger partial charge in [0.2, 0.25) is 0 Å². The number of hydrogen-bond acceptors (Lipinski definition) is 4. The number of hydrogen-bond donors (Lipinski definition) is 1. The number of fused-ring (bicyclic) bond motifs is 3. The molecule has 1 unspecified atom stereocenters. The Morgan fingerprint density at radius 1 is 1.00 bits per heavy atom. The summed E-state index contributed by atoms with van der Waals surface area (Å²) in [7, 11) is 1.70. The molecule has 146 valence electrons. The van der Waals surface area contributed by atoms with Gasteiger partial charge in [0, 0.05) is 19.1 Å². The molecule has 3 fully saturated rings. The highest BCUT2D eigenvalue weighted by molar-refractivity contribution is 5.85. The summed E-state index contributed by atoms with van der Waals surface area (Å²) in [6.07, 6.45) is 2.68. The molecule has 4 nitrogen and oxygen atoms in total. The first kappa shape index (κ1) is 20.0. The quantitative estimate of drug-likeness (QED) is 0.780. The highest BCUT2D eigenvalue weighted by Gasteiger charge is 2.33. The third-order valence-corrected chi connectivity index (χ3v) is 5.69. The molecule has 3 aliphatic rings. The number of methoxy groups -OCH3 is 1. The Bertz CT molecular complexity index is 718. The molecule has 3 heterocycles. The fraction of sp³-hybridized carbons (Fsp3) is 0.455. The molecule has 5 rings (SSSR count). The average Bonchev–Trinajstić information content (AvgIpc) is 2.72. The van der Waals surface area contributed by atoms with E-state index in [1.807, 2.05) is 24.3 Å². The van der Waals surface area contributed by atoms with Crippen molar-refractivity contribution in [3.8, 4) is 11.5 Å². The lowest BCUT2D eigenvalue weighted by atomic mass is 9.84. The molecule has 0 aliphatic carbocycles. The maximum absolute atomic E-state index is 5.95. The van der Waals surface area contributed by atoms with Crippen LogP contribution in [-0.4, -0.2) is 37.7 Å². The molecule has 0 amide bonds. The van der Waals surface area contributed by atoms with Crippen molar-refractivity contribution in [1.29, 1.82) is 0 Å². The van der Waals surface area contributed by atoms with Crippen molar-refractivity contribution in [2.24, 2.45) is 5.92 Å². The Labute approximate surface area is 168 Å². The fourth-order valence-electron chi connectivity index (χ4n) is 4.12. The SMILES string of the molecule is COc1cc(CNC2CN3CCC2CC3)ccc1OCc1ccccc1.Cl. The maximum Gasteiger partial charge on any atom is 0.161 e. The standard InChI is InChI=1S/C22H28N2O2.ClH/c1-25-22-13-18(14-23-20-15-24-11-9-19(20)10-12-24)7-8-21(22)26-16-17-5-3-2-4-6-17;/h2-8,13,19-20,23H,9-12,14-16H2,1H3;1H. The maximum atomic E-state index is 5.95. The van der Waals surface area contributed by atoms with Crippen molar-refractivity contribution in [1.82, 2.24) is 10.2 Å². The molecule has 5 heteroatoms. The third kappa shape index (κ3) is 4.95. The topological polar surface area (TPSA) is 33.7 Å². The molecule has 2 aromatic rings. The van der Waals surface area contributed by atoms with E-state index in [1.165, 1.54) is 38.0 Å². The van der Waals surface area contributed by atoms with Crippen LogP contribution in [0.2, 0.25) is 0 Å². The van der Waals surface area contributed by atoms with E-state index in [1.54, 1.807) is 7.11 Å². The molecule has 1 atom stereocenters. The van der Waals surface area contributed by atoms with Crippen molar-refractivity contribution in [3.05, 3.63) is 59.7 Å². The van der Waals surface area contributed by atoms with Gasteiger partial charge in [0.1, 0.15) is 6.61 Å². The number of nitrogens with zero attached hydrogens (tertiary/aromatic N) is 1. The summed E-state index contributed by atoms with van der Waals surface area (Å²) in [6, 6.07) is 17.1. The molecule has 0 radical (unpaired) electrons. The fourth-order valence-corrected chi connectivity index (χ4v) is 4.12. The van der Waals surface area contributed by atoms with Crippen molar-refractivity contribution in [2.75, 3.05) is 26.7 Å². The van der Waals surface area contributed by atoms with Crippen LogP contribution in [-0.2, 0) is 13.2 Å². The number of piperidine rings is 3. The van der Waals surface area contributed by atoms with Gasteiger partial charge in [0.05, 0.1) is 7.11 Å². The monoisotopic (exact) mass is 388 g/mol. The van der Waals surface area contributed by atoms with Gasteiger partial charge in [-0.2, -0.15) is 0 Å². The van der Waals surface area contributed by atoms with E-state index in [-0.39, 0.29) is 12.4 Å². The Morgan fingerprint density at radius 3 is 2.44 bits per heavy atom. The van der Waals surface area contributed by atoms with Crippen molar-refractivity contribution in [2.45, 2.75) is 32.0 Å². The summed E-state index contributed by atoms with van der Waals surface area (Å²) >= 11 is 0. The number of rotatable bonds is 7. The molecule has 3 saturated heterocycles. The first-order valence-corrected chi connectivity index (χ1v) is 9.61. The predicted molar refractivity (Wildman–Crippen MR) is 111 cm³/mol. The zero-order valence-electron chi connectivity index (χ0n) is 15.9.